The van der Waals surface area contributed by atoms with Gasteiger partial charge in [-0.2, -0.15) is 0 Å². The Morgan fingerprint density at radius 1 is 1.09 bits per heavy atom. The summed E-state index contributed by atoms with van der Waals surface area (Å²) < 4.78 is 52.1. The van der Waals surface area contributed by atoms with E-state index >= 15 is 0 Å². The van der Waals surface area contributed by atoms with Gasteiger partial charge >= 0.3 is 0 Å². The minimum Gasteiger partial charge on any atom is -0.493 e. The topological polar surface area (TPSA) is 84.9 Å². The van der Waals surface area contributed by atoms with Crippen LogP contribution in [-0.4, -0.2) is 41.1 Å². The molecule has 1 aliphatic carbocycles. The maximum Gasteiger partial charge on any atom is 0.264 e. The molecular formula is C22H26ClFN2O5S. The van der Waals surface area contributed by atoms with Crippen molar-refractivity contribution < 1.29 is 27.1 Å². The van der Waals surface area contributed by atoms with E-state index < -0.39 is 28.3 Å². The van der Waals surface area contributed by atoms with Crippen LogP contribution in [0.2, 0.25) is 5.02 Å². The van der Waals surface area contributed by atoms with E-state index in [1.165, 1.54) is 44.6 Å². The molecule has 1 saturated carbocycles. The van der Waals surface area contributed by atoms with Crippen molar-refractivity contribution in [1.29, 1.82) is 0 Å². The van der Waals surface area contributed by atoms with Crippen LogP contribution in [0.25, 0.3) is 0 Å². The van der Waals surface area contributed by atoms with E-state index in [4.69, 9.17) is 21.1 Å². The Morgan fingerprint density at radius 3 is 2.41 bits per heavy atom. The summed E-state index contributed by atoms with van der Waals surface area (Å²) in [6.07, 6.45) is 4.88. The zero-order chi connectivity index (χ0) is 23.3. The lowest BCUT2D eigenvalue weighted by molar-refractivity contribution is -0.120. The lowest BCUT2D eigenvalue weighted by Gasteiger charge is -2.27. The summed E-state index contributed by atoms with van der Waals surface area (Å²) >= 11 is 5.90. The number of ether oxygens (including phenoxy) is 2. The third-order valence-corrected chi connectivity index (χ3v) is 7.45. The van der Waals surface area contributed by atoms with Crippen molar-refractivity contribution in [3.63, 3.8) is 0 Å². The summed E-state index contributed by atoms with van der Waals surface area (Å²) in [5.41, 5.74) is 0.0741. The standard InChI is InChI=1S/C22H26ClFN2O5S/c1-30-20-11-9-17(13-21(20)31-2)32(28,29)26(16-8-10-19(24)18(23)12-16)14-22(27)25-15-6-4-3-5-7-15/h8-13,15H,3-7,14H2,1-2H3,(H,25,27). The maximum atomic E-state index is 13.7. The van der Waals surface area contributed by atoms with Crippen molar-refractivity contribution >= 4 is 33.2 Å². The fourth-order valence-corrected chi connectivity index (χ4v) is 5.31. The van der Waals surface area contributed by atoms with E-state index in [9.17, 15) is 17.6 Å². The number of halogens is 2. The average Bonchev–Trinajstić information content (AvgIpc) is 2.79. The van der Waals surface area contributed by atoms with Crippen LogP contribution in [0.15, 0.2) is 41.3 Å². The fraction of sp³-hybridized carbons (Fsp3) is 0.409. The highest BCUT2D eigenvalue weighted by atomic mass is 35.5. The second-order valence-corrected chi connectivity index (χ2v) is 9.80. The van der Waals surface area contributed by atoms with E-state index in [1.807, 2.05) is 0 Å². The molecule has 2 aromatic carbocycles. The Bertz CT molecular complexity index is 1070. The first-order valence-electron chi connectivity index (χ1n) is 10.3. The highest BCUT2D eigenvalue weighted by molar-refractivity contribution is 7.92. The van der Waals surface area contributed by atoms with E-state index in [-0.39, 0.29) is 27.4 Å². The molecule has 1 amide bonds. The summed E-state index contributed by atoms with van der Waals surface area (Å²) in [6, 6.07) is 7.66. The summed E-state index contributed by atoms with van der Waals surface area (Å²) in [5.74, 6) is -0.554. The molecule has 2 aromatic rings. The molecular weight excluding hydrogens is 459 g/mol. The first-order valence-corrected chi connectivity index (χ1v) is 12.1. The number of rotatable bonds is 8. The second kappa shape index (κ2) is 10.4. The molecule has 0 bridgehead atoms. The number of carbonyl (C=O) groups excluding carboxylic acids is 1. The van der Waals surface area contributed by atoms with Gasteiger partial charge in [0.2, 0.25) is 5.91 Å². The third-order valence-electron chi connectivity index (χ3n) is 5.39. The number of methoxy groups -OCH3 is 2. The number of amides is 1. The molecule has 0 heterocycles. The number of carbonyl (C=O) groups is 1. The van der Waals surface area contributed by atoms with Gasteiger partial charge in [-0.25, -0.2) is 12.8 Å². The van der Waals surface area contributed by atoms with Crippen molar-refractivity contribution in [3.8, 4) is 11.5 Å². The molecule has 1 N–H and O–H groups in total. The molecule has 7 nitrogen and oxygen atoms in total. The number of benzene rings is 2. The van der Waals surface area contributed by atoms with Gasteiger partial charge in [-0.05, 0) is 43.2 Å². The van der Waals surface area contributed by atoms with Crippen LogP contribution in [-0.2, 0) is 14.8 Å². The monoisotopic (exact) mass is 484 g/mol. The van der Waals surface area contributed by atoms with Crippen LogP contribution in [0.3, 0.4) is 0 Å². The zero-order valence-electron chi connectivity index (χ0n) is 17.9. The number of hydrogen-bond acceptors (Lipinski definition) is 5. The molecule has 0 spiro atoms. The lowest BCUT2D eigenvalue weighted by atomic mass is 9.95. The fourth-order valence-electron chi connectivity index (χ4n) is 3.71. The van der Waals surface area contributed by atoms with E-state index in [0.29, 0.717) is 5.75 Å². The maximum absolute atomic E-state index is 13.7. The Hall–Kier alpha value is -2.52. The molecule has 3 rings (SSSR count). The Kier molecular flexibility index (Phi) is 7.84. The number of anilines is 1. The van der Waals surface area contributed by atoms with Crippen molar-refractivity contribution in [3.05, 3.63) is 47.2 Å². The highest BCUT2D eigenvalue weighted by Crippen LogP contribution is 2.33. The van der Waals surface area contributed by atoms with Crippen LogP contribution in [0.1, 0.15) is 32.1 Å². The van der Waals surface area contributed by atoms with Crippen LogP contribution >= 0.6 is 11.6 Å². The molecule has 1 aliphatic rings. The molecule has 10 heteroatoms. The van der Waals surface area contributed by atoms with Crippen LogP contribution in [0.4, 0.5) is 10.1 Å². The van der Waals surface area contributed by atoms with Gasteiger partial charge in [0.05, 0.1) is 29.8 Å². The first-order chi connectivity index (χ1) is 15.3. The molecule has 0 aromatic heterocycles. The predicted octanol–water partition coefficient (Wildman–Crippen LogP) is 4.14. The van der Waals surface area contributed by atoms with Gasteiger partial charge in [0.1, 0.15) is 12.4 Å². The SMILES string of the molecule is COc1ccc(S(=O)(=O)N(CC(=O)NC2CCCCC2)c2ccc(F)c(Cl)c2)cc1OC. The van der Waals surface area contributed by atoms with Gasteiger partial charge in [0, 0.05) is 12.1 Å². The third kappa shape index (κ3) is 5.45. The van der Waals surface area contributed by atoms with Gasteiger partial charge in [0.15, 0.2) is 11.5 Å². The Labute approximate surface area is 192 Å². The minimum absolute atomic E-state index is 0.0127. The van der Waals surface area contributed by atoms with Crippen molar-refractivity contribution in [2.24, 2.45) is 0 Å². The normalized spacial score (nSPS) is 14.6. The van der Waals surface area contributed by atoms with Crippen LogP contribution in [0, 0.1) is 5.82 Å². The average molecular weight is 485 g/mol. The molecule has 1 fully saturated rings. The summed E-state index contributed by atoms with van der Waals surface area (Å²) in [7, 11) is -1.39. The smallest absolute Gasteiger partial charge is 0.264 e. The number of nitrogens with zero attached hydrogens (tertiary/aromatic N) is 1. The van der Waals surface area contributed by atoms with Crippen molar-refractivity contribution in [2.75, 3.05) is 25.1 Å². The number of hydrogen-bond donors (Lipinski definition) is 1. The van der Waals surface area contributed by atoms with Gasteiger partial charge in [-0.3, -0.25) is 9.10 Å². The molecule has 0 aliphatic heterocycles. The lowest BCUT2D eigenvalue weighted by Crippen LogP contribution is -2.45. The summed E-state index contributed by atoms with van der Waals surface area (Å²) in [5, 5.41) is 2.67. The quantitative estimate of drug-likeness (QED) is 0.608. The van der Waals surface area contributed by atoms with Gasteiger partial charge in [-0.15, -0.1) is 0 Å². The minimum atomic E-state index is -4.22. The Balaban J connectivity index is 1.97. The summed E-state index contributed by atoms with van der Waals surface area (Å²) in [4.78, 5) is 12.7. The molecule has 174 valence electrons. The molecule has 0 atom stereocenters. The molecule has 0 saturated heterocycles. The molecule has 32 heavy (non-hydrogen) atoms. The van der Waals surface area contributed by atoms with Crippen molar-refractivity contribution in [1.82, 2.24) is 5.32 Å². The second-order valence-electron chi connectivity index (χ2n) is 7.53. The zero-order valence-corrected chi connectivity index (χ0v) is 19.5. The molecule has 0 radical (unpaired) electrons. The van der Waals surface area contributed by atoms with Crippen molar-refractivity contribution in [2.45, 2.75) is 43.0 Å². The first kappa shape index (κ1) is 24.1. The van der Waals surface area contributed by atoms with Gasteiger partial charge in [-0.1, -0.05) is 30.9 Å². The van der Waals surface area contributed by atoms with E-state index in [1.54, 1.807) is 0 Å². The predicted molar refractivity (Wildman–Crippen MR) is 121 cm³/mol. The largest absolute Gasteiger partial charge is 0.493 e. The van der Waals surface area contributed by atoms with Gasteiger partial charge < -0.3 is 14.8 Å². The van der Waals surface area contributed by atoms with E-state index in [2.05, 4.69) is 5.32 Å². The van der Waals surface area contributed by atoms with Crippen LogP contribution in [0.5, 0.6) is 11.5 Å². The molecule has 0 unspecified atom stereocenters. The highest BCUT2D eigenvalue weighted by Gasteiger charge is 2.29. The summed E-state index contributed by atoms with van der Waals surface area (Å²) in [6.45, 7) is -0.477. The van der Waals surface area contributed by atoms with Gasteiger partial charge in [0.25, 0.3) is 10.0 Å². The van der Waals surface area contributed by atoms with Crippen LogP contribution < -0.4 is 19.1 Å². The number of sulfonamides is 1. The Morgan fingerprint density at radius 2 is 1.78 bits per heavy atom. The number of nitrogens with one attached hydrogen (secondary N) is 1. The van der Waals surface area contributed by atoms with E-state index in [0.717, 1.165) is 42.5 Å².